The molecule has 12 heavy (non-hydrogen) atoms. The molecular formula is C8H17NO3. The number of esters is 1. The zero-order valence-electron chi connectivity index (χ0n) is 7.67. The van der Waals surface area contributed by atoms with Gasteiger partial charge in [-0.2, -0.15) is 0 Å². The van der Waals surface area contributed by atoms with Gasteiger partial charge in [-0.05, 0) is 13.5 Å². The molecule has 72 valence electrons. The van der Waals surface area contributed by atoms with Crippen molar-refractivity contribution >= 4 is 5.97 Å². The Labute approximate surface area is 72.9 Å². The molecule has 0 heterocycles. The minimum atomic E-state index is -1.04. The van der Waals surface area contributed by atoms with E-state index in [4.69, 9.17) is 9.84 Å². The first-order chi connectivity index (χ1) is 5.72. The summed E-state index contributed by atoms with van der Waals surface area (Å²) in [4.78, 5) is 10.9. The fourth-order valence-electron chi connectivity index (χ4n) is 0.690. The maximum Gasteiger partial charge on any atom is 0.336 e. The Kier molecular flexibility index (Phi) is 6.70. The van der Waals surface area contributed by atoms with E-state index < -0.39 is 12.1 Å². The molecule has 4 nitrogen and oxygen atoms in total. The highest BCUT2D eigenvalue weighted by Crippen LogP contribution is 1.91. The number of carbonyl (C=O) groups is 1. The van der Waals surface area contributed by atoms with E-state index in [2.05, 4.69) is 5.32 Å². The topological polar surface area (TPSA) is 58.6 Å². The lowest BCUT2D eigenvalue weighted by atomic mass is 10.3. The van der Waals surface area contributed by atoms with Crippen molar-refractivity contribution in [2.24, 2.45) is 0 Å². The van der Waals surface area contributed by atoms with Gasteiger partial charge in [0.15, 0.2) is 6.10 Å². The monoisotopic (exact) mass is 175 g/mol. The molecule has 0 saturated heterocycles. The van der Waals surface area contributed by atoms with Crippen molar-refractivity contribution in [2.45, 2.75) is 25.9 Å². The molecule has 0 saturated carbocycles. The predicted molar refractivity (Wildman–Crippen MR) is 45.8 cm³/mol. The van der Waals surface area contributed by atoms with Gasteiger partial charge in [-0.15, -0.1) is 0 Å². The van der Waals surface area contributed by atoms with E-state index in [9.17, 15) is 4.79 Å². The van der Waals surface area contributed by atoms with Gasteiger partial charge in [0.05, 0.1) is 6.61 Å². The number of unbranched alkanes of at least 4 members (excludes halogenated alkanes) is 1. The highest BCUT2D eigenvalue weighted by atomic mass is 16.5. The first kappa shape index (κ1) is 11.4. The van der Waals surface area contributed by atoms with Crippen LogP contribution in [0, 0.1) is 0 Å². The molecule has 1 unspecified atom stereocenters. The van der Waals surface area contributed by atoms with Gasteiger partial charge >= 0.3 is 5.97 Å². The molecule has 1 atom stereocenters. The van der Waals surface area contributed by atoms with Crippen LogP contribution in [0.2, 0.25) is 0 Å². The van der Waals surface area contributed by atoms with Crippen LogP contribution in [-0.2, 0) is 9.53 Å². The Hall–Kier alpha value is -0.610. The third-order valence-corrected chi connectivity index (χ3v) is 1.41. The molecule has 0 aromatic heterocycles. The van der Waals surface area contributed by atoms with Crippen molar-refractivity contribution < 1.29 is 14.6 Å². The molecule has 4 heteroatoms. The van der Waals surface area contributed by atoms with Gasteiger partial charge in [0, 0.05) is 6.54 Å². The fourth-order valence-corrected chi connectivity index (χ4v) is 0.690. The largest absolute Gasteiger partial charge is 0.464 e. The predicted octanol–water partition coefficient (Wildman–Crippen LogP) is -0.0900. The number of likely N-dealkylation sites (N-methyl/N-ethyl adjacent to an activating group) is 1. The third-order valence-electron chi connectivity index (χ3n) is 1.41. The van der Waals surface area contributed by atoms with Crippen molar-refractivity contribution in [1.29, 1.82) is 0 Å². The van der Waals surface area contributed by atoms with Crippen molar-refractivity contribution in [1.82, 2.24) is 5.32 Å². The maximum atomic E-state index is 10.9. The summed E-state index contributed by atoms with van der Waals surface area (Å²) in [5.74, 6) is -0.544. The number of aliphatic hydroxyl groups excluding tert-OH is 1. The fraction of sp³-hybridized carbons (Fsp3) is 0.875. The zero-order valence-corrected chi connectivity index (χ0v) is 7.67. The summed E-state index contributed by atoms with van der Waals surface area (Å²) in [5.41, 5.74) is 0. The summed E-state index contributed by atoms with van der Waals surface area (Å²) < 4.78 is 4.77. The lowest BCUT2D eigenvalue weighted by Crippen LogP contribution is -2.32. The maximum absolute atomic E-state index is 10.9. The Morgan fingerprint density at radius 3 is 2.83 bits per heavy atom. The second kappa shape index (κ2) is 7.06. The Bertz CT molecular complexity index is 127. The molecule has 0 fully saturated rings. The minimum Gasteiger partial charge on any atom is -0.464 e. The number of hydrogen-bond donors (Lipinski definition) is 2. The highest BCUT2D eigenvalue weighted by molar-refractivity contribution is 5.74. The quantitative estimate of drug-likeness (QED) is 0.437. The molecule has 0 aliphatic rings. The summed E-state index contributed by atoms with van der Waals surface area (Å²) in [7, 11) is 1.67. The van der Waals surface area contributed by atoms with E-state index >= 15 is 0 Å². The second-order valence-corrected chi connectivity index (χ2v) is 2.59. The molecule has 0 amide bonds. The van der Waals surface area contributed by atoms with Gasteiger partial charge in [-0.3, -0.25) is 0 Å². The van der Waals surface area contributed by atoms with Crippen LogP contribution < -0.4 is 5.32 Å². The lowest BCUT2D eigenvalue weighted by molar-refractivity contribution is -0.153. The summed E-state index contributed by atoms with van der Waals surface area (Å²) in [5, 5.41) is 11.8. The van der Waals surface area contributed by atoms with Crippen LogP contribution in [0.5, 0.6) is 0 Å². The summed E-state index contributed by atoms with van der Waals surface area (Å²) >= 11 is 0. The molecule has 0 aliphatic carbocycles. The van der Waals surface area contributed by atoms with E-state index in [0.29, 0.717) is 6.61 Å². The van der Waals surface area contributed by atoms with Crippen molar-refractivity contribution in [3.63, 3.8) is 0 Å². The van der Waals surface area contributed by atoms with E-state index in [1.165, 1.54) is 0 Å². The average Bonchev–Trinajstić information content (AvgIpc) is 2.05. The lowest BCUT2D eigenvalue weighted by Gasteiger charge is -2.09. The van der Waals surface area contributed by atoms with Gasteiger partial charge in [0.2, 0.25) is 0 Å². The van der Waals surface area contributed by atoms with Crippen LogP contribution in [-0.4, -0.2) is 37.4 Å². The van der Waals surface area contributed by atoms with Crippen LogP contribution in [0.15, 0.2) is 0 Å². The molecule has 0 rings (SSSR count). The van der Waals surface area contributed by atoms with Crippen molar-refractivity contribution in [3.05, 3.63) is 0 Å². The van der Waals surface area contributed by atoms with Crippen LogP contribution in [0.3, 0.4) is 0 Å². The van der Waals surface area contributed by atoms with Crippen LogP contribution in [0.25, 0.3) is 0 Å². The summed E-state index contributed by atoms with van der Waals surface area (Å²) in [6.45, 7) is 2.65. The van der Waals surface area contributed by atoms with E-state index in [0.717, 1.165) is 12.8 Å². The molecule has 0 radical (unpaired) electrons. The Balaban J connectivity index is 3.43. The second-order valence-electron chi connectivity index (χ2n) is 2.59. The third kappa shape index (κ3) is 5.09. The van der Waals surface area contributed by atoms with Crippen molar-refractivity contribution in [2.75, 3.05) is 20.2 Å². The van der Waals surface area contributed by atoms with Gasteiger partial charge in [-0.1, -0.05) is 13.3 Å². The smallest absolute Gasteiger partial charge is 0.336 e. The number of hydrogen-bond acceptors (Lipinski definition) is 4. The molecule has 0 aromatic rings. The number of nitrogens with one attached hydrogen (secondary N) is 1. The molecule has 0 bridgehead atoms. The zero-order chi connectivity index (χ0) is 9.40. The minimum absolute atomic E-state index is 0.241. The standard InChI is InChI=1S/C8H17NO3/c1-3-4-5-12-8(11)7(10)6-9-2/h7,9-10H,3-6H2,1-2H3. The first-order valence-corrected chi connectivity index (χ1v) is 4.21. The van der Waals surface area contributed by atoms with Gasteiger partial charge in [0.25, 0.3) is 0 Å². The number of rotatable bonds is 6. The van der Waals surface area contributed by atoms with E-state index in [-0.39, 0.29) is 6.54 Å². The normalized spacial score (nSPS) is 12.6. The molecule has 0 spiro atoms. The van der Waals surface area contributed by atoms with Crippen LogP contribution in [0.1, 0.15) is 19.8 Å². The van der Waals surface area contributed by atoms with E-state index in [1.54, 1.807) is 7.05 Å². The Morgan fingerprint density at radius 1 is 1.67 bits per heavy atom. The van der Waals surface area contributed by atoms with Gasteiger partial charge in [-0.25, -0.2) is 4.79 Å². The summed E-state index contributed by atoms with van der Waals surface area (Å²) in [6.07, 6.45) is 0.791. The van der Waals surface area contributed by atoms with Crippen LogP contribution >= 0.6 is 0 Å². The number of ether oxygens (including phenoxy) is 1. The van der Waals surface area contributed by atoms with Crippen LogP contribution in [0.4, 0.5) is 0 Å². The molecular weight excluding hydrogens is 158 g/mol. The van der Waals surface area contributed by atoms with E-state index in [1.807, 2.05) is 6.92 Å². The van der Waals surface area contributed by atoms with Crippen molar-refractivity contribution in [3.8, 4) is 0 Å². The Morgan fingerprint density at radius 2 is 2.33 bits per heavy atom. The number of carbonyl (C=O) groups excluding carboxylic acids is 1. The highest BCUT2D eigenvalue weighted by Gasteiger charge is 2.14. The SMILES string of the molecule is CCCCOC(=O)C(O)CNC. The van der Waals surface area contributed by atoms with Gasteiger partial charge < -0.3 is 15.2 Å². The molecule has 0 aromatic carbocycles. The van der Waals surface area contributed by atoms with Gasteiger partial charge in [0.1, 0.15) is 0 Å². The average molecular weight is 175 g/mol. The molecule has 0 aliphatic heterocycles. The first-order valence-electron chi connectivity index (χ1n) is 4.21. The summed E-state index contributed by atoms with van der Waals surface area (Å²) in [6, 6.07) is 0. The number of aliphatic hydroxyl groups is 1. The molecule has 2 N–H and O–H groups in total.